The van der Waals surface area contributed by atoms with E-state index in [4.69, 9.17) is 9.47 Å². The van der Waals surface area contributed by atoms with Crippen LogP contribution in [0.1, 0.15) is 24.2 Å². The quantitative estimate of drug-likeness (QED) is 0.787. The minimum absolute atomic E-state index is 0.214. The van der Waals surface area contributed by atoms with Gasteiger partial charge in [-0.05, 0) is 44.2 Å². The SMILES string of the molecule is CCOC(=O)Nc1cccc(C(=O)OC(C)C(=O)N(C)c2ccccc2)c1. The number of para-hydroxylation sites is 1. The Bertz CT molecular complexity index is 807. The summed E-state index contributed by atoms with van der Waals surface area (Å²) in [7, 11) is 1.62. The zero-order valence-corrected chi connectivity index (χ0v) is 15.5. The highest BCUT2D eigenvalue weighted by Crippen LogP contribution is 2.16. The highest BCUT2D eigenvalue weighted by molar-refractivity contribution is 5.99. The standard InChI is InChI=1S/C20H22N2O5/c1-4-26-20(25)21-16-10-8-9-15(13-16)19(24)27-14(2)18(23)22(3)17-11-6-5-7-12-17/h5-14H,4H2,1-3H3,(H,21,25). The van der Waals surface area contributed by atoms with Crippen molar-refractivity contribution in [3.05, 3.63) is 60.2 Å². The van der Waals surface area contributed by atoms with Gasteiger partial charge in [-0.2, -0.15) is 0 Å². The summed E-state index contributed by atoms with van der Waals surface area (Å²) in [6, 6.07) is 15.3. The molecular formula is C20H22N2O5. The van der Waals surface area contributed by atoms with E-state index in [1.165, 1.54) is 24.0 Å². The summed E-state index contributed by atoms with van der Waals surface area (Å²) in [4.78, 5) is 37.7. The van der Waals surface area contributed by atoms with Gasteiger partial charge in [0.1, 0.15) is 0 Å². The van der Waals surface area contributed by atoms with Crippen LogP contribution < -0.4 is 10.2 Å². The Morgan fingerprint density at radius 3 is 2.44 bits per heavy atom. The Balaban J connectivity index is 2.01. The van der Waals surface area contributed by atoms with Gasteiger partial charge in [0.05, 0.1) is 12.2 Å². The van der Waals surface area contributed by atoms with Crippen molar-refractivity contribution < 1.29 is 23.9 Å². The molecule has 7 heteroatoms. The van der Waals surface area contributed by atoms with Crippen LogP contribution >= 0.6 is 0 Å². The summed E-state index contributed by atoms with van der Waals surface area (Å²) in [6.07, 6.45) is -1.58. The van der Waals surface area contributed by atoms with Crippen LogP contribution in [0.15, 0.2) is 54.6 Å². The summed E-state index contributed by atoms with van der Waals surface area (Å²) in [6.45, 7) is 3.45. The number of benzene rings is 2. The van der Waals surface area contributed by atoms with E-state index in [9.17, 15) is 14.4 Å². The Labute approximate surface area is 157 Å². The van der Waals surface area contributed by atoms with Crippen LogP contribution in [0.3, 0.4) is 0 Å². The molecule has 0 spiro atoms. The number of carbonyl (C=O) groups excluding carboxylic acids is 3. The Hall–Kier alpha value is -3.35. The van der Waals surface area contributed by atoms with Crippen LogP contribution in [0, 0.1) is 0 Å². The third kappa shape index (κ3) is 5.57. The van der Waals surface area contributed by atoms with Crippen molar-refractivity contribution in [3.63, 3.8) is 0 Å². The van der Waals surface area contributed by atoms with Gasteiger partial charge >= 0.3 is 12.1 Å². The van der Waals surface area contributed by atoms with E-state index in [1.807, 2.05) is 18.2 Å². The normalized spacial score (nSPS) is 11.2. The smallest absolute Gasteiger partial charge is 0.411 e. The third-order valence-electron chi connectivity index (χ3n) is 3.73. The maximum atomic E-state index is 12.5. The van der Waals surface area contributed by atoms with Gasteiger partial charge in [-0.1, -0.05) is 24.3 Å². The third-order valence-corrected chi connectivity index (χ3v) is 3.73. The predicted molar refractivity (Wildman–Crippen MR) is 102 cm³/mol. The number of rotatable bonds is 6. The van der Waals surface area contributed by atoms with Gasteiger partial charge in [-0.3, -0.25) is 10.1 Å². The molecule has 0 saturated carbocycles. The molecule has 0 aromatic heterocycles. The fourth-order valence-corrected chi connectivity index (χ4v) is 2.34. The largest absolute Gasteiger partial charge is 0.450 e. The van der Waals surface area contributed by atoms with Gasteiger partial charge in [0.25, 0.3) is 5.91 Å². The van der Waals surface area contributed by atoms with Gasteiger partial charge in [-0.15, -0.1) is 0 Å². The number of hydrogen-bond donors (Lipinski definition) is 1. The van der Waals surface area contributed by atoms with E-state index in [0.29, 0.717) is 11.4 Å². The lowest BCUT2D eigenvalue weighted by Crippen LogP contribution is -2.37. The molecule has 0 heterocycles. The minimum Gasteiger partial charge on any atom is -0.450 e. The van der Waals surface area contributed by atoms with E-state index in [1.54, 1.807) is 38.2 Å². The Morgan fingerprint density at radius 2 is 1.78 bits per heavy atom. The van der Waals surface area contributed by atoms with Crippen molar-refractivity contribution in [3.8, 4) is 0 Å². The van der Waals surface area contributed by atoms with Crippen molar-refractivity contribution in [2.75, 3.05) is 23.9 Å². The van der Waals surface area contributed by atoms with E-state index in [-0.39, 0.29) is 18.1 Å². The van der Waals surface area contributed by atoms with Gasteiger partial charge in [-0.25, -0.2) is 9.59 Å². The first-order valence-corrected chi connectivity index (χ1v) is 8.49. The number of hydrogen-bond acceptors (Lipinski definition) is 5. The van der Waals surface area contributed by atoms with Crippen molar-refractivity contribution in [1.82, 2.24) is 0 Å². The first kappa shape index (κ1) is 20.0. The van der Waals surface area contributed by atoms with Crippen molar-refractivity contribution in [2.45, 2.75) is 20.0 Å². The molecule has 1 unspecified atom stereocenters. The second-order valence-electron chi connectivity index (χ2n) is 5.71. The van der Waals surface area contributed by atoms with Crippen molar-refractivity contribution in [2.24, 2.45) is 0 Å². The maximum absolute atomic E-state index is 12.5. The van der Waals surface area contributed by atoms with Crippen LogP contribution in [0.2, 0.25) is 0 Å². The van der Waals surface area contributed by atoms with Crippen molar-refractivity contribution in [1.29, 1.82) is 0 Å². The highest BCUT2D eigenvalue weighted by Gasteiger charge is 2.23. The van der Waals surface area contributed by atoms with Gasteiger partial charge < -0.3 is 14.4 Å². The molecule has 0 saturated heterocycles. The molecule has 0 radical (unpaired) electrons. The minimum atomic E-state index is -0.968. The molecule has 1 N–H and O–H groups in total. The molecule has 1 atom stereocenters. The fraction of sp³-hybridized carbons (Fsp3) is 0.250. The first-order valence-electron chi connectivity index (χ1n) is 8.49. The molecule has 0 aliphatic rings. The summed E-state index contributed by atoms with van der Waals surface area (Å²) >= 11 is 0. The molecule has 7 nitrogen and oxygen atoms in total. The molecule has 2 aromatic carbocycles. The Kier molecular flexibility index (Phi) is 6.93. The van der Waals surface area contributed by atoms with Crippen molar-refractivity contribution >= 4 is 29.3 Å². The van der Waals surface area contributed by atoms with E-state index >= 15 is 0 Å². The predicted octanol–water partition coefficient (Wildman–Crippen LogP) is 3.46. The molecule has 0 fully saturated rings. The summed E-state index contributed by atoms with van der Waals surface area (Å²) in [5, 5.41) is 2.51. The fourth-order valence-electron chi connectivity index (χ4n) is 2.34. The van der Waals surface area contributed by atoms with E-state index in [0.717, 1.165) is 0 Å². The summed E-state index contributed by atoms with van der Waals surface area (Å²) < 4.78 is 10.1. The lowest BCUT2D eigenvalue weighted by atomic mass is 10.2. The monoisotopic (exact) mass is 370 g/mol. The van der Waals surface area contributed by atoms with Gasteiger partial charge in [0.15, 0.2) is 6.10 Å². The van der Waals surface area contributed by atoms with Crippen LogP contribution in [0.25, 0.3) is 0 Å². The second-order valence-corrected chi connectivity index (χ2v) is 5.71. The number of anilines is 2. The topological polar surface area (TPSA) is 84.9 Å². The van der Waals surface area contributed by atoms with E-state index < -0.39 is 18.2 Å². The number of ether oxygens (including phenoxy) is 2. The molecule has 0 bridgehead atoms. The average molecular weight is 370 g/mol. The van der Waals surface area contributed by atoms with E-state index in [2.05, 4.69) is 5.32 Å². The lowest BCUT2D eigenvalue weighted by molar-refractivity contribution is -0.126. The average Bonchev–Trinajstić information content (AvgIpc) is 2.67. The molecule has 2 rings (SSSR count). The summed E-state index contributed by atoms with van der Waals surface area (Å²) in [5.74, 6) is -1.01. The molecule has 2 amide bonds. The maximum Gasteiger partial charge on any atom is 0.411 e. The number of esters is 1. The molecular weight excluding hydrogens is 348 g/mol. The number of nitrogens with one attached hydrogen (secondary N) is 1. The second kappa shape index (κ2) is 9.38. The molecule has 0 aliphatic carbocycles. The van der Waals surface area contributed by atoms with Gasteiger partial charge in [0, 0.05) is 18.4 Å². The lowest BCUT2D eigenvalue weighted by Gasteiger charge is -2.21. The molecule has 0 aliphatic heterocycles. The summed E-state index contributed by atoms with van der Waals surface area (Å²) in [5.41, 5.74) is 1.31. The number of nitrogens with zero attached hydrogens (tertiary/aromatic N) is 1. The molecule has 142 valence electrons. The number of likely N-dealkylation sites (N-methyl/N-ethyl adjacent to an activating group) is 1. The molecule has 27 heavy (non-hydrogen) atoms. The first-order chi connectivity index (χ1) is 12.9. The Morgan fingerprint density at radius 1 is 1.07 bits per heavy atom. The van der Waals surface area contributed by atoms with Crippen LogP contribution in [0.4, 0.5) is 16.2 Å². The number of carbonyl (C=O) groups is 3. The van der Waals surface area contributed by atoms with Gasteiger partial charge in [0.2, 0.25) is 0 Å². The van der Waals surface area contributed by atoms with Crippen LogP contribution in [-0.2, 0) is 14.3 Å². The highest BCUT2D eigenvalue weighted by atomic mass is 16.6. The zero-order valence-electron chi connectivity index (χ0n) is 15.5. The zero-order chi connectivity index (χ0) is 19.8. The molecule has 2 aromatic rings. The van der Waals surface area contributed by atoms with Crippen LogP contribution in [-0.4, -0.2) is 37.7 Å². The number of amides is 2. The van der Waals surface area contributed by atoms with Crippen LogP contribution in [0.5, 0.6) is 0 Å².